The van der Waals surface area contributed by atoms with E-state index in [-0.39, 0.29) is 12.1 Å². The summed E-state index contributed by atoms with van der Waals surface area (Å²) in [4.78, 5) is 4.46. The van der Waals surface area contributed by atoms with Gasteiger partial charge in [0.05, 0.1) is 6.04 Å². The van der Waals surface area contributed by atoms with Gasteiger partial charge in [0.25, 0.3) is 0 Å². The molecule has 1 aromatic heterocycles. The highest BCUT2D eigenvalue weighted by atomic mass is 16.5. The molecule has 1 aliphatic carbocycles. The Morgan fingerprint density at radius 3 is 2.94 bits per heavy atom. The third-order valence-corrected chi connectivity index (χ3v) is 3.37. The summed E-state index contributed by atoms with van der Waals surface area (Å²) in [5, 5.41) is 7.39. The average molecular weight is 223 g/mol. The second-order valence-corrected chi connectivity index (χ2v) is 4.63. The third kappa shape index (κ3) is 1.85. The van der Waals surface area contributed by atoms with E-state index in [2.05, 4.69) is 15.5 Å². The molecule has 3 rings (SSSR count). The molecule has 1 aromatic rings. The van der Waals surface area contributed by atoms with Crippen LogP contribution >= 0.6 is 0 Å². The number of nitrogens with one attached hydrogen (secondary N) is 1. The van der Waals surface area contributed by atoms with E-state index >= 15 is 0 Å². The average Bonchev–Trinajstić information content (AvgIpc) is 2.84. The van der Waals surface area contributed by atoms with Crippen LogP contribution in [0.15, 0.2) is 4.52 Å². The number of aromatic nitrogens is 2. The molecule has 5 heteroatoms. The molecule has 0 aromatic carbocycles. The minimum absolute atomic E-state index is 0.0268. The molecule has 1 N–H and O–H groups in total. The lowest BCUT2D eigenvalue weighted by atomic mass is 10.2. The van der Waals surface area contributed by atoms with E-state index in [9.17, 15) is 0 Å². The first kappa shape index (κ1) is 10.2. The monoisotopic (exact) mass is 223 g/mol. The predicted molar refractivity (Wildman–Crippen MR) is 56.7 cm³/mol. The number of methoxy groups -OCH3 is 1. The summed E-state index contributed by atoms with van der Waals surface area (Å²) in [5.41, 5.74) is 0. The molecule has 1 saturated carbocycles. The van der Waals surface area contributed by atoms with Crippen molar-refractivity contribution in [2.24, 2.45) is 5.92 Å². The molecule has 2 unspecified atom stereocenters. The van der Waals surface area contributed by atoms with Crippen LogP contribution in [-0.2, 0) is 4.74 Å². The van der Waals surface area contributed by atoms with E-state index in [1.54, 1.807) is 7.11 Å². The van der Waals surface area contributed by atoms with Crippen LogP contribution < -0.4 is 5.32 Å². The van der Waals surface area contributed by atoms with Crippen LogP contribution in [0, 0.1) is 5.92 Å². The quantitative estimate of drug-likeness (QED) is 0.840. The van der Waals surface area contributed by atoms with Crippen molar-refractivity contribution in [1.82, 2.24) is 15.5 Å². The van der Waals surface area contributed by atoms with Gasteiger partial charge in [0, 0.05) is 7.11 Å². The molecule has 0 spiro atoms. The van der Waals surface area contributed by atoms with Crippen LogP contribution in [-0.4, -0.2) is 23.8 Å². The lowest BCUT2D eigenvalue weighted by molar-refractivity contribution is 0.0751. The van der Waals surface area contributed by atoms with Gasteiger partial charge in [0.1, 0.15) is 6.10 Å². The van der Waals surface area contributed by atoms with Crippen molar-refractivity contribution in [1.29, 1.82) is 0 Å². The molecule has 2 aliphatic rings. The topological polar surface area (TPSA) is 60.2 Å². The molecule has 2 fully saturated rings. The maximum Gasteiger partial charge on any atom is 0.243 e. The molecule has 5 nitrogen and oxygen atoms in total. The second-order valence-electron chi connectivity index (χ2n) is 4.63. The minimum Gasteiger partial charge on any atom is -0.373 e. The Hall–Kier alpha value is -0.940. The Morgan fingerprint density at radius 1 is 1.44 bits per heavy atom. The largest absolute Gasteiger partial charge is 0.373 e. The number of hydrogen-bond donors (Lipinski definition) is 1. The standard InChI is InChI=1S/C11H17N3O2/c1-15-9(7-4-5-7)10-13-11(16-14-10)8-3-2-6-12-8/h7-9,12H,2-6H2,1H3. The number of ether oxygens (including phenoxy) is 1. The normalized spacial score (nSPS) is 27.2. The van der Waals surface area contributed by atoms with Crippen molar-refractivity contribution < 1.29 is 9.26 Å². The highest BCUT2D eigenvalue weighted by Gasteiger charge is 2.36. The maximum atomic E-state index is 5.43. The fraction of sp³-hybridized carbons (Fsp3) is 0.818. The molecule has 0 amide bonds. The van der Waals surface area contributed by atoms with E-state index in [0.29, 0.717) is 11.7 Å². The highest BCUT2D eigenvalue weighted by Crippen LogP contribution is 2.42. The summed E-state index contributed by atoms with van der Waals surface area (Å²) in [6, 6.07) is 0.248. The Kier molecular flexibility index (Phi) is 2.65. The zero-order chi connectivity index (χ0) is 11.0. The van der Waals surface area contributed by atoms with E-state index in [4.69, 9.17) is 9.26 Å². The van der Waals surface area contributed by atoms with Crippen LogP contribution in [0.2, 0.25) is 0 Å². The SMILES string of the molecule is COC(c1noc(C2CCCN2)n1)C1CC1. The van der Waals surface area contributed by atoms with Crippen molar-refractivity contribution in [2.45, 2.75) is 37.8 Å². The second kappa shape index (κ2) is 4.14. The molecule has 2 heterocycles. The number of rotatable bonds is 4. The molecule has 0 radical (unpaired) electrons. The Bertz CT molecular complexity index is 356. The van der Waals surface area contributed by atoms with Crippen molar-refractivity contribution in [3.63, 3.8) is 0 Å². The fourth-order valence-electron chi connectivity index (χ4n) is 2.31. The van der Waals surface area contributed by atoms with Crippen molar-refractivity contribution in [3.8, 4) is 0 Å². The van der Waals surface area contributed by atoms with Gasteiger partial charge in [0.15, 0.2) is 0 Å². The first-order valence-corrected chi connectivity index (χ1v) is 5.98. The van der Waals surface area contributed by atoms with Crippen LogP contribution in [0.25, 0.3) is 0 Å². The van der Waals surface area contributed by atoms with Gasteiger partial charge in [-0.05, 0) is 38.1 Å². The van der Waals surface area contributed by atoms with Crippen LogP contribution in [0.4, 0.5) is 0 Å². The summed E-state index contributed by atoms with van der Waals surface area (Å²) < 4.78 is 10.7. The molecular weight excluding hydrogens is 206 g/mol. The Balaban J connectivity index is 1.75. The summed E-state index contributed by atoms with van der Waals surface area (Å²) in [6.07, 6.45) is 4.72. The first-order chi connectivity index (χ1) is 7.88. The van der Waals surface area contributed by atoms with Gasteiger partial charge in [-0.1, -0.05) is 5.16 Å². The zero-order valence-corrected chi connectivity index (χ0v) is 9.48. The highest BCUT2D eigenvalue weighted by molar-refractivity contribution is 5.01. The Morgan fingerprint density at radius 2 is 2.31 bits per heavy atom. The van der Waals surface area contributed by atoms with Gasteiger partial charge in [-0.2, -0.15) is 4.98 Å². The van der Waals surface area contributed by atoms with Crippen LogP contribution in [0.3, 0.4) is 0 Å². The van der Waals surface area contributed by atoms with Gasteiger partial charge in [-0.3, -0.25) is 0 Å². The van der Waals surface area contributed by atoms with Gasteiger partial charge < -0.3 is 14.6 Å². The van der Waals surface area contributed by atoms with Gasteiger partial charge in [-0.25, -0.2) is 0 Å². The molecule has 0 bridgehead atoms. The van der Waals surface area contributed by atoms with Crippen molar-refractivity contribution >= 4 is 0 Å². The summed E-state index contributed by atoms with van der Waals surface area (Å²) >= 11 is 0. The maximum absolute atomic E-state index is 5.43. The molecule has 1 aliphatic heterocycles. The fourth-order valence-corrected chi connectivity index (χ4v) is 2.31. The van der Waals surface area contributed by atoms with E-state index < -0.39 is 0 Å². The van der Waals surface area contributed by atoms with E-state index in [1.165, 1.54) is 19.3 Å². The Labute approximate surface area is 94.6 Å². The smallest absolute Gasteiger partial charge is 0.243 e. The molecule has 1 saturated heterocycles. The zero-order valence-electron chi connectivity index (χ0n) is 9.48. The van der Waals surface area contributed by atoms with Gasteiger partial charge >= 0.3 is 0 Å². The minimum atomic E-state index is 0.0268. The first-order valence-electron chi connectivity index (χ1n) is 5.98. The van der Waals surface area contributed by atoms with Crippen molar-refractivity contribution in [3.05, 3.63) is 11.7 Å². The third-order valence-electron chi connectivity index (χ3n) is 3.37. The lowest BCUT2D eigenvalue weighted by Gasteiger charge is -2.08. The lowest BCUT2D eigenvalue weighted by Crippen LogP contribution is -2.13. The van der Waals surface area contributed by atoms with E-state index in [1.807, 2.05) is 0 Å². The van der Waals surface area contributed by atoms with Crippen molar-refractivity contribution in [2.75, 3.05) is 13.7 Å². The van der Waals surface area contributed by atoms with Gasteiger partial charge in [-0.15, -0.1) is 0 Å². The van der Waals surface area contributed by atoms with Gasteiger partial charge in [0.2, 0.25) is 11.7 Å². The molecule has 2 atom stereocenters. The molecular formula is C11H17N3O2. The van der Waals surface area contributed by atoms with Crippen LogP contribution in [0.5, 0.6) is 0 Å². The molecule has 88 valence electrons. The molecule has 16 heavy (non-hydrogen) atoms. The summed E-state index contributed by atoms with van der Waals surface area (Å²) in [5.74, 6) is 2.02. The number of nitrogens with zero attached hydrogens (tertiary/aromatic N) is 2. The van der Waals surface area contributed by atoms with Crippen LogP contribution in [0.1, 0.15) is 49.5 Å². The summed E-state index contributed by atoms with van der Waals surface area (Å²) in [6.45, 7) is 1.04. The summed E-state index contributed by atoms with van der Waals surface area (Å²) in [7, 11) is 1.72. The number of hydrogen-bond acceptors (Lipinski definition) is 5. The van der Waals surface area contributed by atoms with E-state index in [0.717, 1.165) is 18.9 Å². The predicted octanol–water partition coefficient (Wildman–Crippen LogP) is 1.59.